The normalized spacial score (nSPS) is 12.5. The second-order valence-corrected chi connectivity index (χ2v) is 3.54. The largest absolute Gasteiger partial charge is 0.481 e. The van der Waals surface area contributed by atoms with Crippen LogP contribution in [0.15, 0.2) is 18.2 Å². The van der Waals surface area contributed by atoms with Gasteiger partial charge in [0.15, 0.2) is 0 Å². The average Bonchev–Trinajstić information content (AvgIpc) is 2.18. The molecule has 0 bridgehead atoms. The number of benzene rings is 1. The predicted molar refractivity (Wildman–Crippen MR) is 55.2 cm³/mol. The summed E-state index contributed by atoms with van der Waals surface area (Å²) >= 11 is 0. The summed E-state index contributed by atoms with van der Waals surface area (Å²) in [6.45, 7) is 1.89. The minimum atomic E-state index is -0.896. The molecule has 3 nitrogen and oxygen atoms in total. The van der Waals surface area contributed by atoms with Crippen molar-refractivity contribution in [1.29, 1.82) is 0 Å². The molecule has 1 atom stereocenters. The molecule has 0 saturated heterocycles. The summed E-state index contributed by atoms with van der Waals surface area (Å²) in [6.07, 6.45) is -0.0262. The first-order chi connectivity index (χ1) is 7.04. The molecule has 1 aromatic carbocycles. The first-order valence-electron chi connectivity index (χ1n) is 4.72. The van der Waals surface area contributed by atoms with E-state index in [-0.39, 0.29) is 24.7 Å². The molecule has 1 unspecified atom stereocenters. The Morgan fingerprint density at radius 3 is 2.73 bits per heavy atom. The monoisotopic (exact) mass is 211 g/mol. The van der Waals surface area contributed by atoms with E-state index >= 15 is 0 Å². The molecule has 4 heteroatoms. The van der Waals surface area contributed by atoms with E-state index in [1.54, 1.807) is 19.1 Å². The van der Waals surface area contributed by atoms with Crippen LogP contribution in [0, 0.1) is 12.7 Å². The van der Waals surface area contributed by atoms with Gasteiger partial charge in [0.2, 0.25) is 0 Å². The molecule has 0 fully saturated rings. The van der Waals surface area contributed by atoms with E-state index in [1.807, 2.05) is 0 Å². The third-order valence-electron chi connectivity index (χ3n) is 2.36. The fourth-order valence-electron chi connectivity index (χ4n) is 1.47. The van der Waals surface area contributed by atoms with Crippen LogP contribution in [0.5, 0.6) is 0 Å². The Labute approximate surface area is 87.7 Å². The van der Waals surface area contributed by atoms with Crippen molar-refractivity contribution in [2.24, 2.45) is 5.73 Å². The van der Waals surface area contributed by atoms with Crippen molar-refractivity contribution in [2.45, 2.75) is 19.3 Å². The van der Waals surface area contributed by atoms with Crippen LogP contribution in [0.25, 0.3) is 0 Å². The Morgan fingerprint density at radius 1 is 1.60 bits per heavy atom. The number of halogens is 1. The number of rotatable bonds is 4. The molecule has 0 spiro atoms. The Kier molecular flexibility index (Phi) is 3.80. The van der Waals surface area contributed by atoms with Gasteiger partial charge in [0, 0.05) is 5.92 Å². The van der Waals surface area contributed by atoms with E-state index in [0.29, 0.717) is 5.56 Å². The molecule has 0 radical (unpaired) electrons. The summed E-state index contributed by atoms with van der Waals surface area (Å²) in [5.74, 6) is -1.43. The quantitative estimate of drug-likeness (QED) is 0.796. The molecule has 0 aromatic heterocycles. The van der Waals surface area contributed by atoms with Gasteiger partial charge in [-0.15, -0.1) is 0 Å². The van der Waals surface area contributed by atoms with Crippen LogP contribution in [0.3, 0.4) is 0 Å². The standard InChI is InChI=1S/C11H14FNO2/c1-7-4-8(2-3-10(7)12)9(6-13)5-11(14)15/h2-4,9H,5-6,13H2,1H3,(H,14,15). The fourth-order valence-corrected chi connectivity index (χ4v) is 1.47. The Morgan fingerprint density at radius 2 is 2.27 bits per heavy atom. The summed E-state index contributed by atoms with van der Waals surface area (Å²) in [7, 11) is 0. The number of hydrogen-bond acceptors (Lipinski definition) is 2. The molecule has 0 aliphatic heterocycles. The molecule has 1 rings (SSSR count). The summed E-state index contributed by atoms with van der Waals surface area (Å²) < 4.78 is 13.0. The second-order valence-electron chi connectivity index (χ2n) is 3.54. The molecule has 0 aliphatic rings. The van der Waals surface area contributed by atoms with Crippen molar-refractivity contribution >= 4 is 5.97 Å². The lowest BCUT2D eigenvalue weighted by Crippen LogP contribution is -2.16. The highest BCUT2D eigenvalue weighted by atomic mass is 19.1. The summed E-state index contributed by atoms with van der Waals surface area (Å²) in [5, 5.41) is 8.67. The van der Waals surface area contributed by atoms with Crippen LogP contribution in [-0.4, -0.2) is 17.6 Å². The van der Waals surface area contributed by atoms with Gasteiger partial charge in [-0.05, 0) is 30.7 Å². The molecular weight excluding hydrogens is 197 g/mol. The third-order valence-corrected chi connectivity index (χ3v) is 2.36. The van der Waals surface area contributed by atoms with E-state index < -0.39 is 5.97 Å². The van der Waals surface area contributed by atoms with Gasteiger partial charge in [0.25, 0.3) is 0 Å². The molecule has 0 aliphatic carbocycles. The maximum Gasteiger partial charge on any atom is 0.304 e. The number of nitrogens with two attached hydrogens (primary N) is 1. The topological polar surface area (TPSA) is 63.3 Å². The second kappa shape index (κ2) is 4.89. The van der Waals surface area contributed by atoms with Crippen LogP contribution in [0.1, 0.15) is 23.5 Å². The van der Waals surface area contributed by atoms with E-state index in [2.05, 4.69) is 0 Å². The van der Waals surface area contributed by atoms with Crippen molar-refractivity contribution in [3.05, 3.63) is 35.1 Å². The lowest BCUT2D eigenvalue weighted by Gasteiger charge is -2.13. The first-order valence-corrected chi connectivity index (χ1v) is 4.72. The van der Waals surface area contributed by atoms with Crippen LogP contribution in [0.2, 0.25) is 0 Å². The fraction of sp³-hybridized carbons (Fsp3) is 0.364. The minimum absolute atomic E-state index is 0.0262. The van der Waals surface area contributed by atoms with Crippen LogP contribution >= 0.6 is 0 Å². The highest BCUT2D eigenvalue weighted by molar-refractivity contribution is 5.68. The van der Waals surface area contributed by atoms with Crippen molar-refractivity contribution < 1.29 is 14.3 Å². The van der Waals surface area contributed by atoms with Crippen LogP contribution in [0.4, 0.5) is 4.39 Å². The maximum atomic E-state index is 13.0. The van der Waals surface area contributed by atoms with Gasteiger partial charge in [0.05, 0.1) is 6.42 Å². The molecule has 0 amide bonds. The number of aryl methyl sites for hydroxylation is 1. The van der Waals surface area contributed by atoms with Gasteiger partial charge in [0.1, 0.15) is 5.82 Å². The predicted octanol–water partition coefficient (Wildman–Crippen LogP) is 1.65. The molecule has 82 valence electrons. The molecule has 0 heterocycles. The van der Waals surface area contributed by atoms with E-state index in [1.165, 1.54) is 6.07 Å². The maximum absolute atomic E-state index is 13.0. The van der Waals surface area contributed by atoms with Crippen molar-refractivity contribution in [3.63, 3.8) is 0 Å². The van der Waals surface area contributed by atoms with Crippen molar-refractivity contribution in [3.8, 4) is 0 Å². The van der Waals surface area contributed by atoms with Gasteiger partial charge in [-0.1, -0.05) is 12.1 Å². The number of hydrogen-bond donors (Lipinski definition) is 2. The molecular formula is C11H14FNO2. The van der Waals surface area contributed by atoms with Gasteiger partial charge < -0.3 is 10.8 Å². The third kappa shape index (κ3) is 3.02. The molecule has 15 heavy (non-hydrogen) atoms. The van der Waals surface area contributed by atoms with Crippen LogP contribution < -0.4 is 5.73 Å². The Hall–Kier alpha value is -1.42. The van der Waals surface area contributed by atoms with Gasteiger partial charge >= 0.3 is 5.97 Å². The molecule has 0 saturated carbocycles. The summed E-state index contributed by atoms with van der Waals surface area (Å²) in [5.41, 5.74) is 6.77. The summed E-state index contributed by atoms with van der Waals surface area (Å²) in [6, 6.07) is 4.58. The van der Waals surface area contributed by atoms with Gasteiger partial charge in [-0.2, -0.15) is 0 Å². The lowest BCUT2D eigenvalue weighted by molar-refractivity contribution is -0.137. The number of carboxylic acid groups (broad SMARTS) is 1. The van der Waals surface area contributed by atoms with Gasteiger partial charge in [-0.3, -0.25) is 4.79 Å². The lowest BCUT2D eigenvalue weighted by atomic mass is 9.94. The molecule has 3 N–H and O–H groups in total. The zero-order valence-electron chi connectivity index (χ0n) is 8.53. The first kappa shape index (κ1) is 11.7. The minimum Gasteiger partial charge on any atom is -0.481 e. The molecule has 1 aromatic rings. The zero-order valence-corrected chi connectivity index (χ0v) is 8.53. The highest BCUT2D eigenvalue weighted by Gasteiger charge is 2.14. The summed E-state index contributed by atoms with van der Waals surface area (Å²) in [4.78, 5) is 10.6. The number of carbonyl (C=O) groups is 1. The highest BCUT2D eigenvalue weighted by Crippen LogP contribution is 2.20. The van der Waals surface area contributed by atoms with Gasteiger partial charge in [-0.25, -0.2) is 4.39 Å². The Balaban J connectivity index is 2.92. The van der Waals surface area contributed by atoms with E-state index in [9.17, 15) is 9.18 Å². The van der Waals surface area contributed by atoms with E-state index in [0.717, 1.165) is 5.56 Å². The number of carboxylic acids is 1. The SMILES string of the molecule is Cc1cc(C(CN)CC(=O)O)ccc1F. The average molecular weight is 211 g/mol. The van der Waals surface area contributed by atoms with Crippen molar-refractivity contribution in [1.82, 2.24) is 0 Å². The number of aliphatic carboxylic acids is 1. The van der Waals surface area contributed by atoms with Crippen molar-refractivity contribution in [2.75, 3.05) is 6.54 Å². The van der Waals surface area contributed by atoms with Crippen LogP contribution in [-0.2, 0) is 4.79 Å². The Bertz CT molecular complexity index is 366. The smallest absolute Gasteiger partial charge is 0.304 e. The zero-order chi connectivity index (χ0) is 11.4. The van der Waals surface area contributed by atoms with E-state index in [4.69, 9.17) is 10.8 Å².